The monoisotopic (exact) mass is 578 g/mol. The van der Waals surface area contributed by atoms with Gasteiger partial charge in [0.05, 0.1) is 30.9 Å². The van der Waals surface area contributed by atoms with Gasteiger partial charge in [-0.3, -0.25) is 24.7 Å². The Morgan fingerprint density at radius 2 is 1.68 bits per heavy atom. The van der Waals surface area contributed by atoms with Gasteiger partial charge in [-0.1, -0.05) is 12.1 Å². The maximum absolute atomic E-state index is 13.8. The highest BCUT2D eigenvalue weighted by atomic mass is 32.1. The molecule has 0 spiro atoms. The van der Waals surface area contributed by atoms with E-state index >= 15 is 0 Å². The third kappa shape index (κ3) is 6.84. The molecule has 1 fully saturated rings. The van der Waals surface area contributed by atoms with Crippen molar-refractivity contribution in [3.63, 3.8) is 0 Å². The molecule has 0 unspecified atom stereocenters. The molecule has 1 aliphatic heterocycles. The molecule has 0 aliphatic carbocycles. The molecule has 10 nitrogen and oxygen atoms in total. The predicted molar refractivity (Wildman–Crippen MR) is 153 cm³/mol. The van der Waals surface area contributed by atoms with Gasteiger partial charge < -0.3 is 14.8 Å². The van der Waals surface area contributed by atoms with Crippen LogP contribution >= 0.6 is 12.2 Å². The number of nitrogens with one attached hydrogen (secondary N) is 2. The first kappa shape index (κ1) is 29.2. The molecule has 0 bridgehead atoms. The van der Waals surface area contributed by atoms with E-state index in [4.69, 9.17) is 21.7 Å². The SMILES string of the molecule is CCOC(=O)c1ccc(N2C(=O)[C@@H](CC(=O)Nc3cccc(OCC)c3)N(NC(=O)c3cccc(F)c3)C2=S)cc1. The highest BCUT2D eigenvalue weighted by Crippen LogP contribution is 2.27. The van der Waals surface area contributed by atoms with Gasteiger partial charge >= 0.3 is 5.97 Å². The second kappa shape index (κ2) is 13.0. The lowest BCUT2D eigenvalue weighted by molar-refractivity contribution is -0.124. The van der Waals surface area contributed by atoms with Crippen LogP contribution in [0.3, 0.4) is 0 Å². The lowest BCUT2D eigenvalue weighted by Gasteiger charge is -2.24. The Labute approximate surface area is 241 Å². The van der Waals surface area contributed by atoms with Gasteiger partial charge in [0.2, 0.25) is 11.0 Å². The van der Waals surface area contributed by atoms with E-state index in [1.807, 2.05) is 6.92 Å². The highest BCUT2D eigenvalue weighted by Gasteiger charge is 2.45. The van der Waals surface area contributed by atoms with Crippen molar-refractivity contribution in [3.8, 4) is 5.75 Å². The van der Waals surface area contributed by atoms with Crippen LogP contribution in [-0.4, -0.2) is 53.1 Å². The number of anilines is 2. The zero-order valence-electron chi connectivity index (χ0n) is 22.3. The maximum Gasteiger partial charge on any atom is 0.338 e. The molecule has 0 radical (unpaired) electrons. The van der Waals surface area contributed by atoms with Gasteiger partial charge in [0, 0.05) is 17.3 Å². The first-order chi connectivity index (χ1) is 19.7. The fraction of sp³-hybridized carbons (Fsp3) is 0.207. The minimum atomic E-state index is -1.22. The van der Waals surface area contributed by atoms with Crippen molar-refractivity contribution in [2.75, 3.05) is 23.4 Å². The summed E-state index contributed by atoms with van der Waals surface area (Å²) < 4.78 is 24.2. The van der Waals surface area contributed by atoms with Gasteiger partial charge in [0.1, 0.15) is 17.6 Å². The Morgan fingerprint density at radius 1 is 0.951 bits per heavy atom. The van der Waals surface area contributed by atoms with E-state index in [0.717, 1.165) is 16.0 Å². The van der Waals surface area contributed by atoms with Gasteiger partial charge in [-0.05, 0) is 80.7 Å². The molecule has 3 aromatic rings. The largest absolute Gasteiger partial charge is 0.494 e. The predicted octanol–water partition coefficient (Wildman–Crippen LogP) is 4.08. The second-order valence-electron chi connectivity index (χ2n) is 8.77. The summed E-state index contributed by atoms with van der Waals surface area (Å²) in [7, 11) is 0. The average Bonchev–Trinajstić information content (AvgIpc) is 3.17. The summed E-state index contributed by atoms with van der Waals surface area (Å²) in [6, 6.07) is 16.5. The lowest BCUT2D eigenvalue weighted by Crippen LogP contribution is -2.49. The number of thiocarbonyl (C=S) groups is 1. The van der Waals surface area contributed by atoms with E-state index in [1.54, 1.807) is 31.2 Å². The van der Waals surface area contributed by atoms with E-state index in [0.29, 0.717) is 23.7 Å². The summed E-state index contributed by atoms with van der Waals surface area (Å²) in [4.78, 5) is 52.9. The van der Waals surface area contributed by atoms with Crippen LogP contribution in [0, 0.1) is 5.82 Å². The van der Waals surface area contributed by atoms with Gasteiger partial charge in [-0.15, -0.1) is 0 Å². The number of hydrogen-bond donors (Lipinski definition) is 2. The van der Waals surface area contributed by atoms with E-state index in [9.17, 15) is 23.6 Å². The summed E-state index contributed by atoms with van der Waals surface area (Å²) in [5.74, 6) is -2.42. The number of amides is 3. The van der Waals surface area contributed by atoms with Crippen LogP contribution in [0.15, 0.2) is 72.8 Å². The standard InChI is InChI=1S/C29H27FN4O6S/c1-3-39-23-10-6-9-21(16-23)31-25(35)17-24-27(37)33(22-13-11-18(12-14-22)28(38)40-4-2)29(41)34(24)32-26(36)19-7-5-8-20(30)15-19/h5-16,24H,3-4,17H2,1-2H3,(H,31,35)(H,32,36)/t24-/m1/s1. The topological polar surface area (TPSA) is 117 Å². The highest BCUT2D eigenvalue weighted by molar-refractivity contribution is 7.80. The van der Waals surface area contributed by atoms with Gasteiger partial charge in [0.15, 0.2) is 0 Å². The van der Waals surface area contributed by atoms with E-state index in [-0.39, 0.29) is 29.3 Å². The van der Waals surface area contributed by atoms with E-state index in [1.165, 1.54) is 42.5 Å². The number of benzene rings is 3. The summed E-state index contributed by atoms with van der Waals surface area (Å²) in [6.07, 6.45) is -0.376. The normalized spacial score (nSPS) is 14.6. The second-order valence-corrected chi connectivity index (χ2v) is 9.14. The van der Waals surface area contributed by atoms with Crippen molar-refractivity contribution < 1.29 is 33.0 Å². The maximum atomic E-state index is 13.8. The molecule has 41 heavy (non-hydrogen) atoms. The molecule has 4 rings (SSSR count). The van der Waals surface area contributed by atoms with Crippen molar-refractivity contribution in [3.05, 3.63) is 89.7 Å². The molecule has 1 heterocycles. The number of ether oxygens (including phenoxy) is 2. The number of nitrogens with zero attached hydrogens (tertiary/aromatic N) is 2. The van der Waals surface area contributed by atoms with E-state index in [2.05, 4.69) is 10.7 Å². The molecule has 0 saturated carbocycles. The zero-order valence-corrected chi connectivity index (χ0v) is 23.1. The first-order valence-corrected chi connectivity index (χ1v) is 13.2. The molecular formula is C29H27FN4O6S. The number of carbonyl (C=O) groups excluding carboxylic acids is 4. The quantitative estimate of drug-likeness (QED) is 0.273. The molecule has 0 aromatic heterocycles. The van der Waals surface area contributed by atoms with E-state index < -0.39 is 35.5 Å². The average molecular weight is 579 g/mol. The smallest absolute Gasteiger partial charge is 0.338 e. The fourth-order valence-electron chi connectivity index (χ4n) is 4.12. The minimum Gasteiger partial charge on any atom is -0.494 e. The molecular weight excluding hydrogens is 551 g/mol. The van der Waals surface area contributed by atoms with Gasteiger partial charge in [-0.25, -0.2) is 14.2 Å². The van der Waals surface area contributed by atoms with Crippen LogP contribution in [-0.2, 0) is 14.3 Å². The third-order valence-electron chi connectivity index (χ3n) is 5.97. The fourth-order valence-corrected chi connectivity index (χ4v) is 4.49. The Balaban J connectivity index is 1.59. The molecule has 1 saturated heterocycles. The third-order valence-corrected chi connectivity index (χ3v) is 6.35. The van der Waals surface area contributed by atoms with Crippen LogP contribution in [0.1, 0.15) is 41.0 Å². The van der Waals surface area contributed by atoms with Gasteiger partial charge in [-0.2, -0.15) is 0 Å². The Hall–Kier alpha value is -4.84. The molecule has 212 valence electrons. The number of rotatable bonds is 10. The summed E-state index contributed by atoms with van der Waals surface area (Å²) >= 11 is 5.55. The molecule has 2 N–H and O–H groups in total. The van der Waals surface area contributed by atoms with Crippen LogP contribution in [0.25, 0.3) is 0 Å². The van der Waals surface area contributed by atoms with Crippen LogP contribution < -0.4 is 20.4 Å². The van der Waals surface area contributed by atoms with Crippen molar-refractivity contribution in [2.45, 2.75) is 26.3 Å². The van der Waals surface area contributed by atoms with Crippen molar-refractivity contribution >= 4 is 52.4 Å². The van der Waals surface area contributed by atoms with Crippen LogP contribution in [0.4, 0.5) is 15.8 Å². The molecule has 1 aliphatic rings. The number of hydrazine groups is 1. The number of halogens is 1. The summed E-state index contributed by atoms with van der Waals surface area (Å²) in [5.41, 5.74) is 3.58. The number of hydrogen-bond acceptors (Lipinski definition) is 7. The van der Waals surface area contributed by atoms with Crippen molar-refractivity contribution in [2.24, 2.45) is 0 Å². The number of carbonyl (C=O) groups is 4. The van der Waals surface area contributed by atoms with Gasteiger partial charge in [0.25, 0.3) is 11.8 Å². The molecule has 3 aromatic carbocycles. The zero-order chi connectivity index (χ0) is 29.5. The van der Waals surface area contributed by atoms with Crippen LogP contribution in [0.2, 0.25) is 0 Å². The first-order valence-electron chi connectivity index (χ1n) is 12.8. The number of esters is 1. The molecule has 3 amide bonds. The van der Waals surface area contributed by atoms with Crippen molar-refractivity contribution in [1.29, 1.82) is 0 Å². The summed E-state index contributed by atoms with van der Waals surface area (Å²) in [6.45, 7) is 4.17. The lowest BCUT2D eigenvalue weighted by atomic mass is 10.1. The molecule has 1 atom stereocenters. The Bertz CT molecular complexity index is 1480. The summed E-state index contributed by atoms with van der Waals surface area (Å²) in [5, 5.41) is 3.73. The Kier molecular flexibility index (Phi) is 9.25. The Morgan fingerprint density at radius 3 is 2.37 bits per heavy atom. The van der Waals surface area contributed by atoms with Crippen LogP contribution in [0.5, 0.6) is 5.75 Å². The minimum absolute atomic E-state index is 0.00608. The van der Waals surface area contributed by atoms with Crippen molar-refractivity contribution in [1.82, 2.24) is 10.4 Å². The molecule has 12 heteroatoms.